The summed E-state index contributed by atoms with van der Waals surface area (Å²) in [6.45, 7) is 0.0827. The molecule has 0 saturated carbocycles. The second kappa shape index (κ2) is 7.87. The van der Waals surface area contributed by atoms with Gasteiger partial charge in [0.2, 0.25) is 5.91 Å². The monoisotopic (exact) mass is 319 g/mol. The van der Waals surface area contributed by atoms with Gasteiger partial charge in [-0.05, 0) is 29.0 Å². The molecule has 1 heterocycles. The summed E-state index contributed by atoms with van der Waals surface area (Å²) in [6, 6.07) is 8.80. The highest BCUT2D eigenvalue weighted by Gasteiger charge is 2.11. The molecule has 9 nitrogen and oxygen atoms in total. The zero-order valence-electron chi connectivity index (χ0n) is 12.6. The Morgan fingerprint density at radius 1 is 1.22 bits per heavy atom. The number of hydrogen-bond donors (Lipinski definition) is 1. The predicted octanol–water partition coefficient (Wildman–Crippen LogP) is -0.502. The number of tetrazole rings is 1. The summed E-state index contributed by atoms with van der Waals surface area (Å²) < 4.78 is 6.59. The summed E-state index contributed by atoms with van der Waals surface area (Å²) in [5.41, 5.74) is 0.0724. The summed E-state index contributed by atoms with van der Waals surface area (Å²) in [5.74, 6) is -0.710. The number of hydrogen-bond acceptors (Lipinski definition) is 6. The molecule has 0 spiro atoms. The van der Waals surface area contributed by atoms with Crippen molar-refractivity contribution in [2.45, 2.75) is 19.4 Å². The number of nitrogens with one attached hydrogen (secondary N) is 1. The Hall–Kier alpha value is -2.97. The van der Waals surface area contributed by atoms with Gasteiger partial charge in [0.05, 0.1) is 12.8 Å². The zero-order chi connectivity index (χ0) is 16.7. The van der Waals surface area contributed by atoms with E-state index in [0.717, 1.165) is 9.36 Å². The molecule has 1 amide bonds. The molecule has 0 aliphatic heterocycles. The molecule has 0 unspecified atom stereocenters. The van der Waals surface area contributed by atoms with Gasteiger partial charge < -0.3 is 10.1 Å². The number of carbonyl (C=O) groups is 2. The number of ether oxygens (including phenoxy) is 1. The van der Waals surface area contributed by atoms with Gasteiger partial charge >= 0.3 is 11.7 Å². The molecule has 1 aromatic heterocycles. The van der Waals surface area contributed by atoms with Crippen LogP contribution in [0, 0.1) is 0 Å². The SMILES string of the molecule is COC(=O)CCCNC(=O)Cn1nnn(-c2ccccc2)c1=O. The number of aromatic nitrogens is 4. The van der Waals surface area contributed by atoms with Crippen LogP contribution in [0.2, 0.25) is 0 Å². The van der Waals surface area contributed by atoms with Gasteiger partial charge in [-0.1, -0.05) is 18.2 Å². The first-order valence-corrected chi connectivity index (χ1v) is 7.03. The summed E-state index contributed by atoms with van der Waals surface area (Å²) in [4.78, 5) is 34.8. The molecule has 2 aromatic rings. The third-order valence-electron chi connectivity index (χ3n) is 3.04. The van der Waals surface area contributed by atoms with Crippen molar-refractivity contribution in [1.29, 1.82) is 0 Å². The summed E-state index contributed by atoms with van der Waals surface area (Å²) in [7, 11) is 1.31. The van der Waals surface area contributed by atoms with Gasteiger partial charge in [-0.2, -0.15) is 9.36 Å². The van der Waals surface area contributed by atoms with Crippen molar-refractivity contribution in [3.8, 4) is 5.69 Å². The first-order valence-electron chi connectivity index (χ1n) is 7.03. The summed E-state index contributed by atoms with van der Waals surface area (Å²) >= 11 is 0. The van der Waals surface area contributed by atoms with E-state index >= 15 is 0 Å². The van der Waals surface area contributed by atoms with E-state index < -0.39 is 5.69 Å². The minimum absolute atomic E-state index is 0.223. The van der Waals surface area contributed by atoms with Gasteiger partial charge in [0.25, 0.3) is 0 Å². The highest BCUT2D eigenvalue weighted by molar-refractivity contribution is 5.75. The van der Waals surface area contributed by atoms with E-state index in [1.54, 1.807) is 24.3 Å². The Kier molecular flexibility index (Phi) is 5.61. The number of methoxy groups -OCH3 is 1. The maximum absolute atomic E-state index is 12.1. The largest absolute Gasteiger partial charge is 0.469 e. The van der Waals surface area contributed by atoms with Crippen molar-refractivity contribution in [3.05, 3.63) is 40.8 Å². The maximum atomic E-state index is 12.1. The zero-order valence-corrected chi connectivity index (χ0v) is 12.6. The van der Waals surface area contributed by atoms with E-state index in [0.29, 0.717) is 18.7 Å². The molecule has 0 atom stereocenters. The molecule has 0 saturated heterocycles. The molecule has 0 aliphatic rings. The third kappa shape index (κ3) is 4.50. The van der Waals surface area contributed by atoms with E-state index in [1.165, 1.54) is 7.11 Å². The Morgan fingerprint density at radius 3 is 2.65 bits per heavy atom. The summed E-state index contributed by atoms with van der Waals surface area (Å²) in [5, 5.41) is 10.0. The van der Waals surface area contributed by atoms with Crippen LogP contribution in [0.25, 0.3) is 5.69 Å². The van der Waals surface area contributed by atoms with Crippen molar-refractivity contribution >= 4 is 11.9 Å². The van der Waals surface area contributed by atoms with Gasteiger partial charge in [-0.3, -0.25) is 9.59 Å². The number of nitrogens with zero attached hydrogens (tertiary/aromatic N) is 4. The van der Waals surface area contributed by atoms with E-state index in [-0.39, 0.29) is 24.8 Å². The van der Waals surface area contributed by atoms with Crippen molar-refractivity contribution in [3.63, 3.8) is 0 Å². The topological polar surface area (TPSA) is 108 Å². The lowest BCUT2D eigenvalue weighted by molar-refractivity contribution is -0.140. The van der Waals surface area contributed by atoms with E-state index in [9.17, 15) is 14.4 Å². The van der Waals surface area contributed by atoms with Crippen molar-refractivity contribution in [2.24, 2.45) is 0 Å². The Labute approximate surface area is 131 Å². The fraction of sp³-hybridized carbons (Fsp3) is 0.357. The lowest BCUT2D eigenvalue weighted by atomic mass is 10.3. The molecule has 1 aromatic carbocycles. The highest BCUT2D eigenvalue weighted by atomic mass is 16.5. The third-order valence-corrected chi connectivity index (χ3v) is 3.04. The van der Waals surface area contributed by atoms with Crippen molar-refractivity contribution in [2.75, 3.05) is 13.7 Å². The molecule has 0 fully saturated rings. The molecule has 0 bridgehead atoms. The number of amides is 1. The lowest BCUT2D eigenvalue weighted by Crippen LogP contribution is -2.34. The van der Waals surface area contributed by atoms with Crippen LogP contribution in [0.4, 0.5) is 0 Å². The molecular formula is C14H17N5O4. The Morgan fingerprint density at radius 2 is 1.96 bits per heavy atom. The van der Waals surface area contributed by atoms with Crippen LogP contribution in [0.1, 0.15) is 12.8 Å². The van der Waals surface area contributed by atoms with E-state index in [1.807, 2.05) is 6.07 Å². The summed E-state index contributed by atoms with van der Waals surface area (Å²) in [6.07, 6.45) is 0.685. The van der Waals surface area contributed by atoms with Crippen LogP contribution in [-0.4, -0.2) is 45.3 Å². The first-order chi connectivity index (χ1) is 11.1. The van der Waals surface area contributed by atoms with Gasteiger partial charge in [-0.25, -0.2) is 4.79 Å². The predicted molar refractivity (Wildman–Crippen MR) is 79.9 cm³/mol. The Bertz CT molecular complexity index is 722. The van der Waals surface area contributed by atoms with Crippen LogP contribution in [0.5, 0.6) is 0 Å². The van der Waals surface area contributed by atoms with Gasteiger partial charge in [-0.15, -0.1) is 0 Å². The van der Waals surface area contributed by atoms with E-state index in [2.05, 4.69) is 20.5 Å². The number of para-hydroxylation sites is 1. The lowest BCUT2D eigenvalue weighted by Gasteiger charge is -2.03. The van der Waals surface area contributed by atoms with Gasteiger partial charge in [0.15, 0.2) is 0 Å². The minimum Gasteiger partial charge on any atom is -0.469 e. The van der Waals surface area contributed by atoms with Crippen LogP contribution in [-0.2, 0) is 20.9 Å². The van der Waals surface area contributed by atoms with E-state index in [4.69, 9.17) is 0 Å². The second-order valence-corrected chi connectivity index (χ2v) is 4.70. The molecule has 0 radical (unpaired) electrons. The van der Waals surface area contributed by atoms with Crippen molar-refractivity contribution in [1.82, 2.24) is 25.1 Å². The fourth-order valence-electron chi connectivity index (χ4n) is 1.86. The van der Waals surface area contributed by atoms with Crippen molar-refractivity contribution < 1.29 is 14.3 Å². The Balaban J connectivity index is 1.89. The van der Waals surface area contributed by atoms with Gasteiger partial charge in [0, 0.05) is 13.0 Å². The first kappa shape index (κ1) is 16.4. The van der Waals surface area contributed by atoms with Crippen LogP contribution in [0.3, 0.4) is 0 Å². The molecule has 2 rings (SSSR count). The fourth-order valence-corrected chi connectivity index (χ4v) is 1.86. The smallest absolute Gasteiger partial charge is 0.368 e. The molecule has 0 aliphatic carbocycles. The number of rotatable bonds is 7. The average molecular weight is 319 g/mol. The van der Waals surface area contributed by atoms with Crippen LogP contribution in [0.15, 0.2) is 35.1 Å². The molecule has 122 valence electrons. The molecule has 1 N–H and O–H groups in total. The molecular weight excluding hydrogens is 302 g/mol. The normalized spacial score (nSPS) is 10.3. The highest BCUT2D eigenvalue weighted by Crippen LogP contribution is 2.00. The van der Waals surface area contributed by atoms with Crippen LogP contribution < -0.4 is 11.0 Å². The standard InChI is InChI=1S/C14H17N5O4/c1-23-13(21)8-5-9-15-12(20)10-18-14(22)19(17-16-18)11-6-3-2-4-7-11/h2-4,6-7H,5,8-10H2,1H3,(H,15,20). The maximum Gasteiger partial charge on any atom is 0.368 e. The number of carbonyl (C=O) groups excluding carboxylic acids is 2. The van der Waals surface area contributed by atoms with Gasteiger partial charge in [0.1, 0.15) is 6.54 Å². The quantitative estimate of drug-likeness (QED) is 0.544. The molecule has 23 heavy (non-hydrogen) atoms. The average Bonchev–Trinajstić information content (AvgIpc) is 2.93. The van der Waals surface area contributed by atoms with Crippen LogP contribution >= 0.6 is 0 Å². The second-order valence-electron chi connectivity index (χ2n) is 4.70. The number of esters is 1. The minimum atomic E-state index is -0.499. The molecule has 9 heteroatoms. The number of benzene rings is 1.